The molecule has 2 aromatic carbocycles. The van der Waals surface area contributed by atoms with Gasteiger partial charge in [0.2, 0.25) is 0 Å². The molecule has 0 atom stereocenters. The summed E-state index contributed by atoms with van der Waals surface area (Å²) in [5.41, 5.74) is 6.13. The molecule has 0 aliphatic carbocycles. The van der Waals surface area contributed by atoms with Crippen LogP contribution in [0.1, 0.15) is 20.8 Å². The molecule has 26 heavy (non-hydrogen) atoms. The largest absolute Gasteiger partial charge is 0.457 e. The summed E-state index contributed by atoms with van der Waals surface area (Å²) in [6.45, 7) is 5.39. The predicted octanol–water partition coefficient (Wildman–Crippen LogP) is 4.96. The van der Waals surface area contributed by atoms with Gasteiger partial charge in [0.25, 0.3) is 0 Å². The lowest BCUT2D eigenvalue weighted by Crippen LogP contribution is -2.27. The van der Waals surface area contributed by atoms with E-state index in [2.05, 4.69) is 10.3 Å². The Bertz CT molecular complexity index is 948. The van der Waals surface area contributed by atoms with Gasteiger partial charge in [-0.3, -0.25) is 5.32 Å². The van der Waals surface area contributed by atoms with E-state index in [1.54, 1.807) is 45.2 Å². The summed E-state index contributed by atoms with van der Waals surface area (Å²) in [5, 5.41) is 4.43. The van der Waals surface area contributed by atoms with Crippen molar-refractivity contribution < 1.29 is 14.3 Å². The first kappa shape index (κ1) is 17.5. The lowest BCUT2D eigenvalue weighted by Gasteiger charge is -2.19. The summed E-state index contributed by atoms with van der Waals surface area (Å²) in [6, 6.07) is 14.7. The Morgan fingerprint density at radius 3 is 2.54 bits per heavy atom. The molecule has 6 nitrogen and oxygen atoms in total. The third-order valence-corrected chi connectivity index (χ3v) is 3.51. The Balaban J connectivity index is 1.82. The third-order valence-electron chi connectivity index (χ3n) is 3.51. The fraction of sp³-hybridized carbons (Fsp3) is 0.200. The van der Waals surface area contributed by atoms with E-state index in [1.807, 2.05) is 30.3 Å². The Hall–Kier alpha value is -3.28. The van der Waals surface area contributed by atoms with Crippen LogP contribution < -0.4 is 15.8 Å². The first-order valence-corrected chi connectivity index (χ1v) is 8.23. The summed E-state index contributed by atoms with van der Waals surface area (Å²) >= 11 is 0. The maximum absolute atomic E-state index is 11.9. The first-order chi connectivity index (χ1) is 12.3. The summed E-state index contributed by atoms with van der Waals surface area (Å²) in [5.74, 6) is 1.56. The summed E-state index contributed by atoms with van der Waals surface area (Å²) in [7, 11) is 0. The van der Waals surface area contributed by atoms with Gasteiger partial charge in [0.1, 0.15) is 22.9 Å². The van der Waals surface area contributed by atoms with Crippen LogP contribution in [0, 0.1) is 0 Å². The quantitative estimate of drug-likeness (QED) is 0.652. The van der Waals surface area contributed by atoms with Gasteiger partial charge in [-0.2, -0.15) is 0 Å². The van der Waals surface area contributed by atoms with Crippen molar-refractivity contribution in [2.75, 3.05) is 11.1 Å². The zero-order chi connectivity index (χ0) is 18.7. The number of benzene rings is 2. The second-order valence-electron chi connectivity index (χ2n) is 6.80. The molecule has 3 rings (SSSR count). The minimum Gasteiger partial charge on any atom is -0.457 e. The van der Waals surface area contributed by atoms with E-state index < -0.39 is 11.7 Å². The fourth-order valence-electron chi connectivity index (χ4n) is 2.46. The van der Waals surface area contributed by atoms with E-state index in [1.165, 1.54) is 0 Å². The zero-order valence-corrected chi connectivity index (χ0v) is 14.9. The van der Waals surface area contributed by atoms with Gasteiger partial charge in [-0.25, -0.2) is 9.78 Å². The molecule has 0 saturated carbocycles. The minimum atomic E-state index is -0.582. The molecule has 0 aliphatic rings. The predicted molar refractivity (Wildman–Crippen MR) is 103 cm³/mol. The SMILES string of the molecule is CC(C)(C)OC(=O)Nc1cc(Oc2ccc(N)c3ccccc23)ccn1. The van der Waals surface area contributed by atoms with Crippen LogP contribution in [0.4, 0.5) is 16.3 Å². The topological polar surface area (TPSA) is 86.5 Å². The molecular weight excluding hydrogens is 330 g/mol. The monoisotopic (exact) mass is 351 g/mol. The number of hydrogen-bond acceptors (Lipinski definition) is 5. The Morgan fingerprint density at radius 2 is 1.81 bits per heavy atom. The number of hydrogen-bond donors (Lipinski definition) is 2. The maximum Gasteiger partial charge on any atom is 0.413 e. The second kappa shape index (κ2) is 6.92. The molecule has 0 bridgehead atoms. The Labute approximate surface area is 151 Å². The van der Waals surface area contributed by atoms with Crippen molar-refractivity contribution in [3.63, 3.8) is 0 Å². The molecule has 3 N–H and O–H groups in total. The van der Waals surface area contributed by atoms with Crippen molar-refractivity contribution >= 4 is 28.4 Å². The highest BCUT2D eigenvalue weighted by atomic mass is 16.6. The van der Waals surface area contributed by atoms with Crippen LogP contribution in [0.25, 0.3) is 10.8 Å². The molecule has 1 aromatic heterocycles. The number of nitrogens with zero attached hydrogens (tertiary/aromatic N) is 1. The number of amides is 1. The van der Waals surface area contributed by atoms with Gasteiger partial charge in [0.15, 0.2) is 0 Å². The van der Waals surface area contributed by atoms with Crippen molar-refractivity contribution in [2.24, 2.45) is 0 Å². The standard InChI is InChI=1S/C20H21N3O3/c1-20(2,3)26-19(24)23-18-12-13(10-11-22-18)25-17-9-8-16(21)14-6-4-5-7-15(14)17/h4-12H,21H2,1-3H3,(H,22,23,24). The molecular formula is C20H21N3O3. The van der Waals surface area contributed by atoms with E-state index in [-0.39, 0.29) is 0 Å². The van der Waals surface area contributed by atoms with Gasteiger partial charge in [-0.1, -0.05) is 24.3 Å². The van der Waals surface area contributed by atoms with Crippen molar-refractivity contribution in [3.8, 4) is 11.5 Å². The Morgan fingerprint density at radius 1 is 1.08 bits per heavy atom. The van der Waals surface area contributed by atoms with E-state index in [4.69, 9.17) is 15.2 Å². The lowest BCUT2D eigenvalue weighted by atomic mass is 10.1. The van der Waals surface area contributed by atoms with Crippen LogP contribution in [0.2, 0.25) is 0 Å². The summed E-state index contributed by atoms with van der Waals surface area (Å²) < 4.78 is 11.2. The van der Waals surface area contributed by atoms with Gasteiger partial charge in [-0.05, 0) is 39.0 Å². The normalized spacial score (nSPS) is 11.2. The highest BCUT2D eigenvalue weighted by molar-refractivity contribution is 5.97. The molecule has 0 fully saturated rings. The summed E-state index contributed by atoms with van der Waals surface area (Å²) in [6.07, 6.45) is 0.988. The van der Waals surface area contributed by atoms with Crippen LogP contribution in [0.5, 0.6) is 11.5 Å². The number of pyridine rings is 1. The van der Waals surface area contributed by atoms with Crippen LogP contribution in [-0.2, 0) is 4.74 Å². The molecule has 0 saturated heterocycles. The Kier molecular flexibility index (Phi) is 4.67. The lowest BCUT2D eigenvalue weighted by molar-refractivity contribution is 0.0635. The highest BCUT2D eigenvalue weighted by Crippen LogP contribution is 2.33. The molecule has 0 spiro atoms. The molecule has 0 radical (unpaired) electrons. The number of nitrogen functional groups attached to an aromatic ring is 1. The number of fused-ring (bicyclic) bond motifs is 1. The van der Waals surface area contributed by atoms with Crippen LogP contribution >= 0.6 is 0 Å². The smallest absolute Gasteiger partial charge is 0.413 e. The highest BCUT2D eigenvalue weighted by Gasteiger charge is 2.16. The summed E-state index contributed by atoms with van der Waals surface area (Å²) in [4.78, 5) is 16.0. The van der Waals surface area contributed by atoms with E-state index in [9.17, 15) is 4.79 Å². The number of nitrogens with one attached hydrogen (secondary N) is 1. The number of ether oxygens (including phenoxy) is 2. The van der Waals surface area contributed by atoms with Crippen LogP contribution in [0.3, 0.4) is 0 Å². The molecule has 0 aliphatic heterocycles. The number of aromatic nitrogens is 1. The van der Waals surface area contributed by atoms with Crippen molar-refractivity contribution in [2.45, 2.75) is 26.4 Å². The third kappa shape index (κ3) is 4.22. The molecule has 1 amide bonds. The number of carbonyl (C=O) groups is 1. The average molecular weight is 351 g/mol. The van der Waals surface area contributed by atoms with Crippen molar-refractivity contribution in [1.82, 2.24) is 4.98 Å². The van der Waals surface area contributed by atoms with Gasteiger partial charge < -0.3 is 15.2 Å². The average Bonchev–Trinajstić information content (AvgIpc) is 2.56. The number of rotatable bonds is 3. The van der Waals surface area contributed by atoms with Gasteiger partial charge in [0.05, 0.1) is 0 Å². The van der Waals surface area contributed by atoms with Gasteiger partial charge >= 0.3 is 6.09 Å². The number of anilines is 2. The van der Waals surface area contributed by atoms with E-state index in [0.29, 0.717) is 23.0 Å². The molecule has 134 valence electrons. The van der Waals surface area contributed by atoms with Gasteiger partial charge in [-0.15, -0.1) is 0 Å². The van der Waals surface area contributed by atoms with Crippen LogP contribution in [-0.4, -0.2) is 16.7 Å². The van der Waals surface area contributed by atoms with E-state index >= 15 is 0 Å². The van der Waals surface area contributed by atoms with Gasteiger partial charge in [0, 0.05) is 28.7 Å². The van der Waals surface area contributed by atoms with Crippen LogP contribution in [0.15, 0.2) is 54.7 Å². The molecule has 3 aromatic rings. The molecule has 0 unspecified atom stereocenters. The molecule has 1 heterocycles. The fourth-order valence-corrected chi connectivity index (χ4v) is 2.46. The maximum atomic E-state index is 11.9. The molecule has 6 heteroatoms. The number of nitrogens with two attached hydrogens (primary N) is 1. The minimum absolute atomic E-state index is 0.344. The zero-order valence-electron chi connectivity index (χ0n) is 14.9. The second-order valence-corrected chi connectivity index (χ2v) is 6.80. The van der Waals surface area contributed by atoms with Crippen molar-refractivity contribution in [3.05, 3.63) is 54.7 Å². The number of carbonyl (C=O) groups excluding carboxylic acids is 1. The van der Waals surface area contributed by atoms with E-state index in [0.717, 1.165) is 10.8 Å². The first-order valence-electron chi connectivity index (χ1n) is 8.23. The van der Waals surface area contributed by atoms with Crippen molar-refractivity contribution in [1.29, 1.82) is 0 Å².